The highest BCUT2D eigenvalue weighted by molar-refractivity contribution is 9.10. The maximum Gasteiger partial charge on any atom is 0.347 e. The van der Waals surface area contributed by atoms with Crippen molar-refractivity contribution in [3.8, 4) is 5.75 Å². The van der Waals surface area contributed by atoms with Crippen LogP contribution in [-0.4, -0.2) is 34.4 Å². The summed E-state index contributed by atoms with van der Waals surface area (Å²) in [5.41, 5.74) is 2.15. The number of hydrogen-bond acceptors (Lipinski definition) is 5. The van der Waals surface area contributed by atoms with Crippen LogP contribution in [0.4, 0.5) is 5.69 Å². The lowest BCUT2D eigenvalue weighted by atomic mass is 10.3. The summed E-state index contributed by atoms with van der Waals surface area (Å²) in [5.74, 6) is -0.500. The van der Waals surface area contributed by atoms with Crippen molar-refractivity contribution in [2.75, 3.05) is 11.9 Å². The van der Waals surface area contributed by atoms with Gasteiger partial charge in [0.1, 0.15) is 5.75 Å². The molecule has 1 N–H and O–H groups in total. The van der Waals surface area contributed by atoms with E-state index in [0.717, 1.165) is 10.2 Å². The van der Waals surface area contributed by atoms with E-state index in [1.807, 2.05) is 6.92 Å². The van der Waals surface area contributed by atoms with Gasteiger partial charge in [0.25, 0.3) is 5.91 Å². The zero-order valence-corrected chi connectivity index (χ0v) is 16.1. The van der Waals surface area contributed by atoms with E-state index in [2.05, 4.69) is 26.3 Å². The fourth-order valence-corrected chi connectivity index (χ4v) is 2.41. The van der Waals surface area contributed by atoms with Crippen molar-refractivity contribution in [2.45, 2.75) is 26.9 Å². The van der Waals surface area contributed by atoms with Gasteiger partial charge in [-0.15, -0.1) is 0 Å². The molecular weight excluding hydrogens is 390 g/mol. The molecule has 134 valence electrons. The van der Waals surface area contributed by atoms with Crippen molar-refractivity contribution < 1.29 is 19.1 Å². The molecule has 1 heterocycles. The smallest absolute Gasteiger partial charge is 0.347 e. The van der Waals surface area contributed by atoms with Gasteiger partial charge in [0.15, 0.2) is 12.7 Å². The zero-order valence-electron chi connectivity index (χ0n) is 14.5. The van der Waals surface area contributed by atoms with Crippen LogP contribution in [-0.2, 0) is 21.4 Å². The van der Waals surface area contributed by atoms with Crippen LogP contribution < -0.4 is 10.1 Å². The summed E-state index contributed by atoms with van der Waals surface area (Å²) >= 11 is 3.32. The highest BCUT2D eigenvalue weighted by Crippen LogP contribution is 2.19. The lowest BCUT2D eigenvalue weighted by Crippen LogP contribution is -2.29. The number of aromatic nitrogens is 2. The van der Waals surface area contributed by atoms with E-state index in [-0.39, 0.29) is 6.61 Å². The molecule has 1 aromatic carbocycles. The number of benzene rings is 1. The molecule has 0 aliphatic heterocycles. The van der Waals surface area contributed by atoms with Crippen molar-refractivity contribution in [2.24, 2.45) is 7.05 Å². The Balaban J connectivity index is 1.84. The van der Waals surface area contributed by atoms with Gasteiger partial charge in [-0.3, -0.25) is 9.48 Å². The summed E-state index contributed by atoms with van der Waals surface area (Å²) in [5, 5.41) is 6.91. The summed E-state index contributed by atoms with van der Waals surface area (Å²) in [6.07, 6.45) is -0.823. The summed E-state index contributed by atoms with van der Waals surface area (Å²) in [6, 6.07) is 7.07. The third kappa shape index (κ3) is 5.06. The first kappa shape index (κ1) is 19.0. The van der Waals surface area contributed by atoms with Crippen LogP contribution in [0, 0.1) is 13.8 Å². The van der Waals surface area contributed by atoms with E-state index in [4.69, 9.17) is 9.47 Å². The number of ether oxygens (including phenoxy) is 2. The number of carbonyl (C=O) groups is 2. The van der Waals surface area contributed by atoms with Crippen LogP contribution in [0.15, 0.2) is 28.7 Å². The second-order valence-corrected chi connectivity index (χ2v) is 6.45. The van der Waals surface area contributed by atoms with Crippen molar-refractivity contribution >= 4 is 33.5 Å². The van der Waals surface area contributed by atoms with Crippen LogP contribution in [0.2, 0.25) is 0 Å². The molecule has 8 heteroatoms. The van der Waals surface area contributed by atoms with Crippen LogP contribution in [0.1, 0.15) is 18.3 Å². The number of amides is 1. The molecule has 0 aliphatic rings. The number of esters is 1. The maximum absolute atomic E-state index is 12.0. The normalized spacial score (nSPS) is 11.7. The van der Waals surface area contributed by atoms with E-state index in [0.29, 0.717) is 17.1 Å². The fourth-order valence-electron chi connectivity index (χ4n) is 2.15. The van der Waals surface area contributed by atoms with Gasteiger partial charge in [-0.2, -0.15) is 5.10 Å². The summed E-state index contributed by atoms with van der Waals surface area (Å²) in [4.78, 5) is 23.9. The molecular formula is C17H20BrN3O4. The molecule has 0 unspecified atom stereocenters. The molecule has 2 rings (SSSR count). The van der Waals surface area contributed by atoms with Gasteiger partial charge in [-0.1, -0.05) is 15.9 Å². The van der Waals surface area contributed by atoms with Gasteiger partial charge < -0.3 is 14.8 Å². The maximum atomic E-state index is 12.0. The molecule has 0 saturated carbocycles. The molecule has 0 spiro atoms. The predicted molar refractivity (Wildman–Crippen MR) is 96.5 cm³/mol. The standard InChI is InChI=1S/C17H20BrN3O4/c1-10-16(11(2)21(4)20-10)19-15(22)9-24-17(23)12(3)25-14-7-5-13(18)6-8-14/h5-8,12H,9H2,1-4H3,(H,19,22)/t12-/m0/s1. The van der Waals surface area contributed by atoms with Crippen LogP contribution >= 0.6 is 15.9 Å². The first-order valence-corrected chi connectivity index (χ1v) is 8.46. The van der Waals surface area contributed by atoms with Crippen molar-refractivity contribution in [3.63, 3.8) is 0 Å². The van der Waals surface area contributed by atoms with Gasteiger partial charge in [-0.05, 0) is 45.0 Å². The Morgan fingerprint density at radius 3 is 2.48 bits per heavy atom. The number of aryl methyl sites for hydroxylation is 2. The largest absolute Gasteiger partial charge is 0.479 e. The highest BCUT2D eigenvalue weighted by Gasteiger charge is 2.19. The Morgan fingerprint density at radius 2 is 1.92 bits per heavy atom. The molecule has 25 heavy (non-hydrogen) atoms. The molecule has 0 radical (unpaired) electrons. The number of nitrogens with zero attached hydrogens (tertiary/aromatic N) is 2. The Kier molecular flexibility index (Phi) is 6.19. The summed E-state index contributed by atoms with van der Waals surface area (Å²) in [7, 11) is 1.79. The molecule has 0 bridgehead atoms. The lowest BCUT2D eigenvalue weighted by Gasteiger charge is -2.14. The Labute approximate surface area is 154 Å². The zero-order chi connectivity index (χ0) is 18.6. The first-order valence-electron chi connectivity index (χ1n) is 7.67. The minimum Gasteiger partial charge on any atom is -0.479 e. The Morgan fingerprint density at radius 1 is 1.28 bits per heavy atom. The predicted octanol–water partition coefficient (Wildman–Crippen LogP) is 2.75. The molecule has 0 aliphatic carbocycles. The van der Waals surface area contributed by atoms with Gasteiger partial charge >= 0.3 is 5.97 Å². The number of nitrogens with one attached hydrogen (secondary N) is 1. The molecule has 1 amide bonds. The summed E-state index contributed by atoms with van der Waals surface area (Å²) < 4.78 is 13.1. The second-order valence-electron chi connectivity index (χ2n) is 5.54. The van der Waals surface area contributed by atoms with E-state index >= 15 is 0 Å². The van der Waals surface area contributed by atoms with Crippen LogP contribution in [0.25, 0.3) is 0 Å². The lowest BCUT2D eigenvalue weighted by molar-refractivity contribution is -0.153. The Hall–Kier alpha value is -2.35. The monoisotopic (exact) mass is 409 g/mol. The third-order valence-electron chi connectivity index (χ3n) is 3.58. The molecule has 2 aromatic rings. The first-order chi connectivity index (χ1) is 11.8. The van der Waals surface area contributed by atoms with E-state index in [1.54, 1.807) is 49.8 Å². The average Bonchev–Trinajstić information content (AvgIpc) is 2.81. The topological polar surface area (TPSA) is 82.5 Å². The number of halogens is 1. The number of carbonyl (C=O) groups excluding carboxylic acids is 2. The molecule has 7 nitrogen and oxygen atoms in total. The average molecular weight is 410 g/mol. The number of rotatable bonds is 6. The van der Waals surface area contributed by atoms with Gasteiger partial charge in [0.2, 0.25) is 0 Å². The van der Waals surface area contributed by atoms with Crippen molar-refractivity contribution in [1.29, 1.82) is 0 Å². The fraction of sp³-hybridized carbons (Fsp3) is 0.353. The van der Waals surface area contributed by atoms with Crippen molar-refractivity contribution in [1.82, 2.24) is 9.78 Å². The molecule has 0 saturated heterocycles. The van der Waals surface area contributed by atoms with Crippen molar-refractivity contribution in [3.05, 3.63) is 40.1 Å². The van der Waals surface area contributed by atoms with Gasteiger partial charge in [0, 0.05) is 11.5 Å². The number of hydrogen-bond donors (Lipinski definition) is 1. The molecule has 0 fully saturated rings. The number of anilines is 1. The van der Waals surface area contributed by atoms with Crippen LogP contribution in [0.3, 0.4) is 0 Å². The van der Waals surface area contributed by atoms with E-state index < -0.39 is 18.0 Å². The molecule has 1 atom stereocenters. The SMILES string of the molecule is Cc1nn(C)c(C)c1NC(=O)COC(=O)[C@H](C)Oc1ccc(Br)cc1. The van der Waals surface area contributed by atoms with E-state index in [1.165, 1.54) is 0 Å². The van der Waals surface area contributed by atoms with Crippen LogP contribution in [0.5, 0.6) is 5.75 Å². The minimum absolute atomic E-state index is 0.388. The highest BCUT2D eigenvalue weighted by atomic mass is 79.9. The van der Waals surface area contributed by atoms with E-state index in [9.17, 15) is 9.59 Å². The third-order valence-corrected chi connectivity index (χ3v) is 4.11. The quantitative estimate of drug-likeness (QED) is 0.741. The van der Waals surface area contributed by atoms with Gasteiger partial charge in [-0.25, -0.2) is 4.79 Å². The van der Waals surface area contributed by atoms with Gasteiger partial charge in [0.05, 0.1) is 17.1 Å². The minimum atomic E-state index is -0.823. The second kappa shape index (κ2) is 8.15. The Bertz CT molecular complexity index is 771. The molecule has 1 aromatic heterocycles. The summed E-state index contributed by atoms with van der Waals surface area (Å²) in [6.45, 7) is 4.82.